The molecule has 2 aromatic rings. The summed E-state index contributed by atoms with van der Waals surface area (Å²) in [5, 5.41) is 20.7. The number of aliphatic hydroxyl groups excluding tert-OH is 2. The van der Waals surface area contributed by atoms with E-state index in [0.29, 0.717) is 62.3 Å². The number of aryl methyl sites for hydroxylation is 1. The van der Waals surface area contributed by atoms with Crippen molar-refractivity contribution in [3.63, 3.8) is 0 Å². The molecule has 0 radical (unpaired) electrons. The van der Waals surface area contributed by atoms with Crippen LogP contribution in [0.15, 0.2) is 54.3 Å². The van der Waals surface area contributed by atoms with Gasteiger partial charge in [-0.15, -0.1) is 0 Å². The second-order valence-electron chi connectivity index (χ2n) is 8.25. The zero-order valence-electron chi connectivity index (χ0n) is 23.1. The first-order valence-corrected chi connectivity index (χ1v) is 12.5. The number of hydrogen-bond donors (Lipinski definition) is 2. The molecule has 0 amide bonds. The molecule has 0 aliphatic carbocycles. The number of methoxy groups -OCH3 is 4. The van der Waals surface area contributed by atoms with Crippen molar-refractivity contribution in [1.29, 1.82) is 0 Å². The highest BCUT2D eigenvalue weighted by molar-refractivity contribution is 5.57. The van der Waals surface area contributed by atoms with Crippen molar-refractivity contribution in [3.05, 3.63) is 65.4 Å². The van der Waals surface area contributed by atoms with Crippen LogP contribution in [0.3, 0.4) is 0 Å². The van der Waals surface area contributed by atoms with Crippen LogP contribution in [-0.4, -0.2) is 84.8 Å². The summed E-state index contributed by atoms with van der Waals surface area (Å²) in [4.78, 5) is 0. The Morgan fingerprint density at radius 2 is 1.36 bits per heavy atom. The molecule has 1 unspecified atom stereocenters. The minimum atomic E-state index is -0.839. The number of aliphatic hydroxyl groups is 2. The van der Waals surface area contributed by atoms with E-state index in [4.69, 9.17) is 37.9 Å². The van der Waals surface area contributed by atoms with Crippen LogP contribution in [0.2, 0.25) is 0 Å². The molecular weight excluding hydrogens is 508 g/mol. The van der Waals surface area contributed by atoms with Crippen molar-refractivity contribution < 1.29 is 48.1 Å². The summed E-state index contributed by atoms with van der Waals surface area (Å²) < 4.78 is 42.4. The molecule has 10 heteroatoms. The van der Waals surface area contributed by atoms with Gasteiger partial charge in [0.2, 0.25) is 0 Å². The van der Waals surface area contributed by atoms with Crippen molar-refractivity contribution in [2.45, 2.75) is 18.9 Å². The lowest BCUT2D eigenvalue weighted by atomic mass is 10.1. The van der Waals surface area contributed by atoms with Crippen molar-refractivity contribution in [3.8, 4) is 23.0 Å². The van der Waals surface area contributed by atoms with Gasteiger partial charge in [0.05, 0.1) is 46.8 Å². The molecule has 0 saturated carbocycles. The first-order chi connectivity index (χ1) is 19.0. The molecular formula is C29H40O10. The summed E-state index contributed by atoms with van der Waals surface area (Å²) in [6, 6.07) is 10.9. The van der Waals surface area contributed by atoms with Gasteiger partial charge in [0.15, 0.2) is 36.6 Å². The molecule has 10 nitrogen and oxygen atoms in total. The number of allylic oxidation sites excluding steroid dienone is 1. The van der Waals surface area contributed by atoms with E-state index in [2.05, 4.69) is 0 Å². The lowest BCUT2D eigenvalue weighted by molar-refractivity contribution is -0.00954. The highest BCUT2D eigenvalue weighted by atomic mass is 16.7. The second-order valence-corrected chi connectivity index (χ2v) is 8.25. The minimum Gasteiger partial charge on any atom is -0.508 e. The van der Waals surface area contributed by atoms with Crippen LogP contribution in [0.1, 0.15) is 17.5 Å². The van der Waals surface area contributed by atoms with Crippen LogP contribution < -0.4 is 18.9 Å². The molecule has 0 heterocycles. The maximum Gasteiger partial charge on any atom is 0.189 e. The van der Waals surface area contributed by atoms with Gasteiger partial charge in [-0.2, -0.15) is 0 Å². The summed E-state index contributed by atoms with van der Waals surface area (Å²) in [7, 11) is 6.32. The third-order valence-corrected chi connectivity index (χ3v) is 5.41. The van der Waals surface area contributed by atoms with Crippen molar-refractivity contribution >= 4 is 6.08 Å². The van der Waals surface area contributed by atoms with Gasteiger partial charge in [-0.25, -0.2) is 0 Å². The average Bonchev–Trinajstić information content (AvgIpc) is 2.95. The minimum absolute atomic E-state index is 0.0527. The highest BCUT2D eigenvalue weighted by Gasteiger charge is 2.09. The Morgan fingerprint density at radius 3 is 1.95 bits per heavy atom. The lowest BCUT2D eigenvalue weighted by Crippen LogP contribution is -2.08. The lowest BCUT2D eigenvalue weighted by Gasteiger charge is -2.13. The monoisotopic (exact) mass is 548 g/mol. The maximum absolute atomic E-state index is 10.4. The number of rotatable bonds is 20. The Labute approximate surface area is 230 Å². The van der Waals surface area contributed by atoms with Gasteiger partial charge in [0.25, 0.3) is 0 Å². The third-order valence-electron chi connectivity index (χ3n) is 5.41. The third kappa shape index (κ3) is 12.4. The van der Waals surface area contributed by atoms with E-state index in [0.717, 1.165) is 11.1 Å². The standard InChI is InChI=1S/C29H40O10/c1-32-13-15-36-20-38-26-11-7-22(17-28(26)34-3)5-9-24(30)19-25(31)10-6-23-8-12-27(29(18-23)35-4)39-21-37-16-14-33-2/h5,7-9,11-12,17-19,25,30-31H,6,10,13-16,20-21H2,1-4H3/b9-5+,24-19-. The Kier molecular flexibility index (Phi) is 15.5. The molecule has 0 spiro atoms. The number of ether oxygens (including phenoxy) is 8. The molecule has 216 valence electrons. The van der Waals surface area contributed by atoms with Gasteiger partial charge in [0, 0.05) is 14.2 Å². The summed E-state index contributed by atoms with van der Waals surface area (Å²) in [6.45, 7) is 2.00. The summed E-state index contributed by atoms with van der Waals surface area (Å²) in [6.07, 6.45) is 4.76. The highest BCUT2D eigenvalue weighted by Crippen LogP contribution is 2.30. The summed E-state index contributed by atoms with van der Waals surface area (Å²) >= 11 is 0. The predicted octanol–water partition coefficient (Wildman–Crippen LogP) is 4.15. The fourth-order valence-corrected chi connectivity index (χ4v) is 3.34. The molecule has 0 aliphatic rings. The van der Waals surface area contributed by atoms with E-state index in [9.17, 15) is 10.2 Å². The molecule has 2 aromatic carbocycles. The van der Waals surface area contributed by atoms with E-state index < -0.39 is 6.10 Å². The quantitative estimate of drug-likeness (QED) is 0.108. The largest absolute Gasteiger partial charge is 0.508 e. The zero-order valence-corrected chi connectivity index (χ0v) is 23.1. The fraction of sp³-hybridized carbons (Fsp3) is 0.448. The fourth-order valence-electron chi connectivity index (χ4n) is 3.34. The molecule has 2 rings (SSSR count). The molecule has 0 aromatic heterocycles. The predicted molar refractivity (Wildman–Crippen MR) is 147 cm³/mol. The Morgan fingerprint density at radius 1 is 0.769 bits per heavy atom. The topological polar surface area (TPSA) is 114 Å². The molecule has 39 heavy (non-hydrogen) atoms. The number of benzene rings is 2. The smallest absolute Gasteiger partial charge is 0.189 e. The first kappa shape index (κ1) is 31.9. The van der Waals surface area contributed by atoms with Gasteiger partial charge in [0.1, 0.15) is 5.76 Å². The van der Waals surface area contributed by atoms with Crippen LogP contribution in [0.4, 0.5) is 0 Å². The average molecular weight is 549 g/mol. The van der Waals surface area contributed by atoms with E-state index in [1.54, 1.807) is 52.7 Å². The number of hydrogen-bond acceptors (Lipinski definition) is 10. The summed E-state index contributed by atoms with van der Waals surface area (Å²) in [5.41, 5.74) is 1.74. The molecule has 0 aliphatic heterocycles. The molecule has 2 N–H and O–H groups in total. The Hall–Kier alpha value is -3.28. The van der Waals surface area contributed by atoms with Crippen LogP contribution >= 0.6 is 0 Å². The summed E-state index contributed by atoms with van der Waals surface area (Å²) in [5.74, 6) is 2.15. The van der Waals surface area contributed by atoms with E-state index in [1.165, 1.54) is 12.2 Å². The van der Waals surface area contributed by atoms with Gasteiger partial charge >= 0.3 is 0 Å². The molecule has 0 bridgehead atoms. The van der Waals surface area contributed by atoms with Crippen LogP contribution in [0.25, 0.3) is 6.08 Å². The zero-order chi connectivity index (χ0) is 28.3. The van der Waals surface area contributed by atoms with Crippen molar-refractivity contribution in [2.24, 2.45) is 0 Å². The Bertz CT molecular complexity index is 1020. The van der Waals surface area contributed by atoms with Crippen LogP contribution in [-0.2, 0) is 25.4 Å². The van der Waals surface area contributed by atoms with Crippen molar-refractivity contribution in [1.82, 2.24) is 0 Å². The second kappa shape index (κ2) is 18.9. The molecule has 0 saturated heterocycles. The van der Waals surface area contributed by atoms with Gasteiger partial charge in [-0.1, -0.05) is 18.2 Å². The van der Waals surface area contributed by atoms with Crippen LogP contribution in [0.5, 0.6) is 23.0 Å². The first-order valence-electron chi connectivity index (χ1n) is 12.5. The Balaban J connectivity index is 1.86. The van der Waals surface area contributed by atoms with E-state index >= 15 is 0 Å². The normalized spacial score (nSPS) is 12.5. The van der Waals surface area contributed by atoms with Gasteiger partial charge in [-0.3, -0.25) is 0 Å². The molecule has 0 fully saturated rings. The van der Waals surface area contributed by atoms with Crippen molar-refractivity contribution in [2.75, 3.05) is 68.5 Å². The van der Waals surface area contributed by atoms with Crippen LogP contribution in [0, 0.1) is 0 Å². The molecule has 1 atom stereocenters. The van der Waals surface area contributed by atoms with Gasteiger partial charge < -0.3 is 48.1 Å². The van der Waals surface area contributed by atoms with E-state index in [1.807, 2.05) is 18.2 Å². The van der Waals surface area contributed by atoms with E-state index in [-0.39, 0.29) is 19.3 Å². The maximum atomic E-state index is 10.4. The SMILES string of the molecule is COCCOCOc1ccc(/C=C/C(O)=C/C(O)CCc2ccc(OCOCCOC)c(OC)c2)cc1OC. The van der Waals surface area contributed by atoms with Gasteiger partial charge in [-0.05, 0) is 60.4 Å².